The summed E-state index contributed by atoms with van der Waals surface area (Å²) >= 11 is 0. The summed E-state index contributed by atoms with van der Waals surface area (Å²) in [5, 5.41) is 7.08. The summed E-state index contributed by atoms with van der Waals surface area (Å²) in [6, 6.07) is 33.9. The van der Waals surface area contributed by atoms with Crippen molar-refractivity contribution in [3.05, 3.63) is 132 Å². The SMILES string of the molecule is Cc1nn(-c2cccc(Oc3ccc4c5cc(CCCCC(C)C)ccc5n(-c5cc(F)ccn5)c4c3)c2)c(C)c1-c1ccccc1. The molecule has 0 unspecified atom stereocenters. The zero-order valence-electron chi connectivity index (χ0n) is 27.4. The molecule has 7 aromatic rings. The number of aromatic nitrogens is 4. The van der Waals surface area contributed by atoms with E-state index in [2.05, 4.69) is 74.3 Å². The Morgan fingerprint density at radius 2 is 1.60 bits per heavy atom. The van der Waals surface area contributed by atoms with Gasteiger partial charge >= 0.3 is 0 Å². The second-order valence-electron chi connectivity index (χ2n) is 12.8. The molecule has 4 aromatic carbocycles. The quantitative estimate of drug-likeness (QED) is 0.143. The van der Waals surface area contributed by atoms with E-state index in [4.69, 9.17) is 9.84 Å². The summed E-state index contributed by atoms with van der Waals surface area (Å²) < 4.78 is 24.9. The van der Waals surface area contributed by atoms with E-state index in [1.54, 1.807) is 0 Å². The van der Waals surface area contributed by atoms with Gasteiger partial charge in [0.1, 0.15) is 23.1 Å². The largest absolute Gasteiger partial charge is 0.457 e. The van der Waals surface area contributed by atoms with Crippen LogP contribution in [0.3, 0.4) is 0 Å². The second-order valence-corrected chi connectivity index (χ2v) is 12.8. The maximum Gasteiger partial charge on any atom is 0.140 e. The molecular formula is C41H39FN4O. The minimum Gasteiger partial charge on any atom is -0.457 e. The van der Waals surface area contributed by atoms with Gasteiger partial charge in [0.2, 0.25) is 0 Å². The summed E-state index contributed by atoms with van der Waals surface area (Å²) in [4.78, 5) is 4.55. The minimum atomic E-state index is -0.324. The van der Waals surface area contributed by atoms with Crippen molar-refractivity contribution in [1.82, 2.24) is 19.3 Å². The molecule has 0 amide bonds. The van der Waals surface area contributed by atoms with Gasteiger partial charge in [0, 0.05) is 46.4 Å². The summed E-state index contributed by atoms with van der Waals surface area (Å²) in [5.74, 6) is 2.32. The zero-order chi connectivity index (χ0) is 32.5. The third kappa shape index (κ3) is 6.16. The molecule has 0 aliphatic heterocycles. The number of hydrogen-bond acceptors (Lipinski definition) is 3. The Morgan fingerprint density at radius 1 is 0.766 bits per heavy atom. The van der Waals surface area contributed by atoms with Crippen molar-refractivity contribution in [1.29, 1.82) is 0 Å². The van der Waals surface area contributed by atoms with Gasteiger partial charge in [-0.25, -0.2) is 14.1 Å². The lowest BCUT2D eigenvalue weighted by atomic mass is 10.0. The average Bonchev–Trinajstić information content (AvgIpc) is 3.55. The zero-order valence-corrected chi connectivity index (χ0v) is 27.4. The normalized spacial score (nSPS) is 11.6. The topological polar surface area (TPSA) is 44.9 Å². The smallest absolute Gasteiger partial charge is 0.140 e. The molecule has 47 heavy (non-hydrogen) atoms. The molecule has 0 radical (unpaired) electrons. The Morgan fingerprint density at radius 3 is 2.40 bits per heavy atom. The number of nitrogens with zero attached hydrogens (tertiary/aromatic N) is 4. The van der Waals surface area contributed by atoms with Crippen LogP contribution in [0, 0.1) is 25.6 Å². The lowest BCUT2D eigenvalue weighted by molar-refractivity contribution is 0.482. The fraction of sp³-hybridized carbons (Fsp3) is 0.220. The molecule has 0 saturated carbocycles. The predicted octanol–water partition coefficient (Wildman–Crippen LogP) is 10.9. The van der Waals surface area contributed by atoms with E-state index in [0.29, 0.717) is 17.3 Å². The minimum absolute atomic E-state index is 0.324. The van der Waals surface area contributed by atoms with Crippen LogP contribution in [0.2, 0.25) is 0 Å². The highest BCUT2D eigenvalue weighted by molar-refractivity contribution is 6.09. The van der Waals surface area contributed by atoms with Gasteiger partial charge in [-0.15, -0.1) is 0 Å². The van der Waals surface area contributed by atoms with Gasteiger partial charge in [-0.2, -0.15) is 5.10 Å². The number of rotatable bonds is 10. The van der Waals surface area contributed by atoms with Crippen molar-refractivity contribution in [3.8, 4) is 34.1 Å². The van der Waals surface area contributed by atoms with E-state index >= 15 is 0 Å². The van der Waals surface area contributed by atoms with Crippen LogP contribution < -0.4 is 4.74 Å². The summed E-state index contributed by atoms with van der Waals surface area (Å²) in [6.07, 6.45) is 6.18. The first-order valence-electron chi connectivity index (χ1n) is 16.4. The maximum atomic E-state index is 14.5. The third-order valence-corrected chi connectivity index (χ3v) is 8.89. The van der Waals surface area contributed by atoms with Crippen molar-refractivity contribution >= 4 is 21.8 Å². The first-order valence-corrected chi connectivity index (χ1v) is 16.4. The first-order chi connectivity index (χ1) is 22.9. The molecule has 0 aliphatic rings. The van der Waals surface area contributed by atoms with E-state index in [9.17, 15) is 4.39 Å². The predicted molar refractivity (Wildman–Crippen MR) is 189 cm³/mol. The van der Waals surface area contributed by atoms with Crippen LogP contribution in [0.15, 0.2) is 109 Å². The highest BCUT2D eigenvalue weighted by atomic mass is 19.1. The second kappa shape index (κ2) is 12.9. The average molecular weight is 623 g/mol. The van der Waals surface area contributed by atoms with Crippen molar-refractivity contribution in [2.75, 3.05) is 0 Å². The number of aryl methyl sites for hydroxylation is 2. The lowest BCUT2D eigenvalue weighted by Gasteiger charge is -2.11. The molecule has 5 nitrogen and oxygen atoms in total. The van der Waals surface area contributed by atoms with Gasteiger partial charge in [-0.3, -0.25) is 4.57 Å². The number of hydrogen-bond donors (Lipinski definition) is 0. The molecule has 0 spiro atoms. The molecule has 6 heteroatoms. The van der Waals surface area contributed by atoms with Crippen LogP contribution in [0.4, 0.5) is 4.39 Å². The Labute approximate surface area is 275 Å². The van der Waals surface area contributed by atoms with Crippen LogP contribution >= 0.6 is 0 Å². The van der Waals surface area contributed by atoms with Crippen molar-refractivity contribution in [2.45, 2.75) is 53.4 Å². The van der Waals surface area contributed by atoms with Gasteiger partial charge in [0.05, 0.1) is 22.4 Å². The Kier molecular flexibility index (Phi) is 8.33. The van der Waals surface area contributed by atoms with Crippen LogP contribution in [-0.2, 0) is 6.42 Å². The molecule has 0 bridgehead atoms. The fourth-order valence-corrected chi connectivity index (χ4v) is 6.64. The van der Waals surface area contributed by atoms with E-state index in [-0.39, 0.29) is 5.82 Å². The molecule has 0 saturated heterocycles. The molecule has 236 valence electrons. The van der Waals surface area contributed by atoms with Crippen LogP contribution in [-0.4, -0.2) is 19.3 Å². The monoisotopic (exact) mass is 622 g/mol. The van der Waals surface area contributed by atoms with Gasteiger partial charge in [-0.1, -0.05) is 69.2 Å². The molecule has 3 aromatic heterocycles. The molecule has 0 fully saturated rings. The van der Waals surface area contributed by atoms with E-state index in [1.165, 1.54) is 36.7 Å². The number of halogens is 1. The van der Waals surface area contributed by atoms with Gasteiger partial charge in [0.25, 0.3) is 0 Å². The number of unbranched alkanes of at least 4 members (excludes halogenated alkanes) is 1. The molecule has 7 rings (SSSR count). The summed E-state index contributed by atoms with van der Waals surface area (Å²) in [5.41, 5.74) is 8.46. The molecule has 0 aliphatic carbocycles. The summed E-state index contributed by atoms with van der Waals surface area (Å²) in [7, 11) is 0. The number of ether oxygens (including phenoxy) is 1. The van der Waals surface area contributed by atoms with E-state index in [0.717, 1.165) is 68.8 Å². The van der Waals surface area contributed by atoms with E-state index in [1.807, 2.05) is 58.6 Å². The first kappa shape index (κ1) is 30.4. The molecule has 0 atom stereocenters. The van der Waals surface area contributed by atoms with Crippen LogP contribution in [0.25, 0.3) is 44.4 Å². The Hall–Kier alpha value is -5.23. The van der Waals surface area contributed by atoms with E-state index < -0.39 is 0 Å². The van der Waals surface area contributed by atoms with Crippen LogP contribution in [0.5, 0.6) is 11.5 Å². The number of fused-ring (bicyclic) bond motifs is 3. The lowest BCUT2D eigenvalue weighted by Crippen LogP contribution is -2.00. The number of benzene rings is 4. The Bertz CT molecular complexity index is 2200. The maximum absolute atomic E-state index is 14.5. The van der Waals surface area contributed by atoms with Gasteiger partial charge in [-0.05, 0) is 86.2 Å². The molecule has 0 N–H and O–H groups in total. The Balaban J connectivity index is 1.25. The summed E-state index contributed by atoms with van der Waals surface area (Å²) in [6.45, 7) is 8.70. The molecule has 3 heterocycles. The van der Waals surface area contributed by atoms with Crippen molar-refractivity contribution < 1.29 is 9.13 Å². The fourth-order valence-electron chi connectivity index (χ4n) is 6.64. The van der Waals surface area contributed by atoms with Crippen molar-refractivity contribution in [3.63, 3.8) is 0 Å². The van der Waals surface area contributed by atoms with Crippen LogP contribution in [0.1, 0.15) is 50.1 Å². The number of pyridine rings is 1. The van der Waals surface area contributed by atoms with Crippen molar-refractivity contribution in [2.24, 2.45) is 5.92 Å². The molecular weight excluding hydrogens is 583 g/mol. The van der Waals surface area contributed by atoms with Gasteiger partial charge in [0.15, 0.2) is 0 Å². The van der Waals surface area contributed by atoms with Gasteiger partial charge < -0.3 is 4.74 Å². The third-order valence-electron chi connectivity index (χ3n) is 8.89. The highest BCUT2D eigenvalue weighted by Gasteiger charge is 2.17. The highest BCUT2D eigenvalue weighted by Crippen LogP contribution is 2.36. The standard InChI is InChI=1S/C41H39FN4O/c1-27(2)11-8-9-12-30-17-20-38-37(23-30)36-19-18-35(26-39(36)45(38)40-24-32(42)21-22-43-40)47-34-16-10-15-33(25-34)46-29(4)41(28(3)44-46)31-13-6-5-7-14-31/h5-7,10,13-27H,8-9,11-12H2,1-4H3.